The highest BCUT2D eigenvalue weighted by Gasteiger charge is 2.17. The minimum absolute atomic E-state index is 0.292. The van der Waals surface area contributed by atoms with Crippen LogP contribution in [-0.4, -0.2) is 25.3 Å². The summed E-state index contributed by atoms with van der Waals surface area (Å²) in [4.78, 5) is 11.6. The molecule has 0 aliphatic heterocycles. The lowest BCUT2D eigenvalue weighted by Crippen LogP contribution is -2.36. The van der Waals surface area contributed by atoms with E-state index in [1.165, 1.54) is 0 Å². The molecule has 1 aromatic carbocycles. The summed E-state index contributed by atoms with van der Waals surface area (Å²) in [5.74, 6) is 0.743. The molecule has 0 saturated heterocycles. The zero-order valence-corrected chi connectivity index (χ0v) is 13.8. The molecule has 1 rings (SSSR count). The molecule has 0 fully saturated rings. The van der Waals surface area contributed by atoms with Crippen LogP contribution in [0.2, 0.25) is 0 Å². The van der Waals surface area contributed by atoms with E-state index in [1.807, 2.05) is 39.0 Å². The van der Waals surface area contributed by atoms with Crippen LogP contribution in [-0.2, 0) is 4.74 Å². The second-order valence-electron chi connectivity index (χ2n) is 5.38. The van der Waals surface area contributed by atoms with Gasteiger partial charge in [0.2, 0.25) is 0 Å². The van der Waals surface area contributed by atoms with Crippen molar-refractivity contribution in [3.8, 4) is 5.75 Å². The van der Waals surface area contributed by atoms with Crippen molar-refractivity contribution in [2.75, 3.05) is 13.7 Å². The van der Waals surface area contributed by atoms with Crippen LogP contribution in [0.25, 0.3) is 0 Å². The summed E-state index contributed by atoms with van der Waals surface area (Å²) in [5, 5.41) is 2.66. The number of carbonyl (C=O) groups is 1. The Bertz CT molecular complexity index is 472. The van der Waals surface area contributed by atoms with Gasteiger partial charge in [-0.05, 0) is 38.5 Å². The van der Waals surface area contributed by atoms with Crippen molar-refractivity contribution in [3.63, 3.8) is 0 Å². The van der Waals surface area contributed by atoms with E-state index < -0.39 is 11.7 Å². The maximum absolute atomic E-state index is 11.6. The Balaban J connectivity index is 2.59. The van der Waals surface area contributed by atoms with E-state index in [1.54, 1.807) is 7.11 Å². The van der Waals surface area contributed by atoms with Crippen molar-refractivity contribution in [2.45, 2.75) is 32.4 Å². The third-order valence-corrected chi connectivity index (χ3v) is 3.16. The fourth-order valence-electron chi connectivity index (χ4n) is 1.55. The van der Waals surface area contributed by atoms with Crippen molar-refractivity contribution in [2.24, 2.45) is 5.73 Å². The Morgan fingerprint density at radius 1 is 1.45 bits per heavy atom. The first kappa shape index (κ1) is 16.8. The second-order valence-corrected chi connectivity index (χ2v) is 6.23. The van der Waals surface area contributed by atoms with E-state index in [0.717, 1.165) is 15.8 Å². The minimum atomic E-state index is -0.519. The molecule has 20 heavy (non-hydrogen) atoms. The van der Waals surface area contributed by atoms with Crippen LogP contribution in [0.5, 0.6) is 5.75 Å². The van der Waals surface area contributed by atoms with E-state index in [9.17, 15) is 4.79 Å². The van der Waals surface area contributed by atoms with Gasteiger partial charge >= 0.3 is 6.09 Å². The monoisotopic (exact) mass is 344 g/mol. The molecule has 1 unspecified atom stereocenters. The van der Waals surface area contributed by atoms with Gasteiger partial charge in [-0.2, -0.15) is 0 Å². The summed E-state index contributed by atoms with van der Waals surface area (Å²) in [7, 11) is 1.60. The number of nitrogens with one attached hydrogen (secondary N) is 1. The molecule has 6 heteroatoms. The first-order valence-corrected chi connectivity index (χ1v) is 7.08. The molecule has 112 valence electrons. The fourth-order valence-corrected chi connectivity index (χ4v) is 2.20. The standard InChI is InChI=1S/C14H21BrN2O3/c1-14(2,3)20-13(18)17-8-12(16)10-6-5-9(19-4)7-11(10)15/h5-7,12H,8,16H2,1-4H3,(H,17,18). The number of hydrogen-bond acceptors (Lipinski definition) is 4. The van der Waals surface area contributed by atoms with Crippen LogP contribution in [0.1, 0.15) is 32.4 Å². The van der Waals surface area contributed by atoms with Crippen molar-refractivity contribution in [3.05, 3.63) is 28.2 Å². The smallest absolute Gasteiger partial charge is 0.407 e. The van der Waals surface area contributed by atoms with Gasteiger partial charge in [-0.3, -0.25) is 0 Å². The number of benzene rings is 1. The second kappa shape index (κ2) is 6.95. The lowest BCUT2D eigenvalue weighted by atomic mass is 10.1. The molecular formula is C14H21BrN2O3. The summed E-state index contributed by atoms with van der Waals surface area (Å²) >= 11 is 3.44. The van der Waals surface area contributed by atoms with E-state index in [0.29, 0.717) is 6.54 Å². The molecule has 0 aliphatic rings. The number of alkyl carbamates (subject to hydrolysis) is 1. The summed E-state index contributed by atoms with van der Waals surface area (Å²) in [6, 6.07) is 5.20. The normalized spacial score (nSPS) is 12.7. The molecule has 0 radical (unpaired) electrons. The molecule has 0 aliphatic carbocycles. The molecule has 3 N–H and O–H groups in total. The number of nitrogens with two attached hydrogens (primary N) is 1. The van der Waals surface area contributed by atoms with Gasteiger partial charge in [0.05, 0.1) is 7.11 Å². The first-order chi connectivity index (χ1) is 9.23. The van der Waals surface area contributed by atoms with Crippen molar-refractivity contribution in [1.82, 2.24) is 5.32 Å². The van der Waals surface area contributed by atoms with Crippen molar-refractivity contribution < 1.29 is 14.3 Å². The predicted octanol–water partition coefficient (Wildman–Crippen LogP) is 2.98. The maximum Gasteiger partial charge on any atom is 0.407 e. The van der Waals surface area contributed by atoms with Gasteiger partial charge in [0.15, 0.2) is 0 Å². The van der Waals surface area contributed by atoms with Crippen LogP contribution in [0.15, 0.2) is 22.7 Å². The number of amides is 1. The van der Waals surface area contributed by atoms with Crippen LogP contribution >= 0.6 is 15.9 Å². The highest BCUT2D eigenvalue weighted by Crippen LogP contribution is 2.26. The van der Waals surface area contributed by atoms with Gasteiger partial charge in [0.25, 0.3) is 0 Å². The average Bonchev–Trinajstić information content (AvgIpc) is 2.33. The van der Waals surface area contributed by atoms with E-state index >= 15 is 0 Å². The third kappa shape index (κ3) is 5.38. The quantitative estimate of drug-likeness (QED) is 0.880. The van der Waals surface area contributed by atoms with E-state index in [2.05, 4.69) is 21.2 Å². The van der Waals surface area contributed by atoms with Crippen LogP contribution in [0, 0.1) is 0 Å². The zero-order valence-electron chi connectivity index (χ0n) is 12.2. The Hall–Kier alpha value is -1.27. The van der Waals surface area contributed by atoms with Crippen LogP contribution in [0.3, 0.4) is 0 Å². The molecule has 0 heterocycles. The van der Waals surface area contributed by atoms with Crippen LogP contribution in [0.4, 0.5) is 4.79 Å². The van der Waals surface area contributed by atoms with Gasteiger partial charge in [-0.25, -0.2) is 4.79 Å². The molecule has 1 atom stereocenters. The molecule has 0 bridgehead atoms. The van der Waals surface area contributed by atoms with Gasteiger partial charge in [-0.1, -0.05) is 22.0 Å². The van der Waals surface area contributed by atoms with Crippen LogP contribution < -0.4 is 15.8 Å². The van der Waals surface area contributed by atoms with Gasteiger partial charge in [0, 0.05) is 17.1 Å². The van der Waals surface area contributed by atoms with Gasteiger partial charge in [0.1, 0.15) is 11.4 Å². The minimum Gasteiger partial charge on any atom is -0.497 e. The fraction of sp³-hybridized carbons (Fsp3) is 0.500. The van der Waals surface area contributed by atoms with Gasteiger partial charge < -0.3 is 20.5 Å². The largest absolute Gasteiger partial charge is 0.497 e. The number of carbonyl (C=O) groups excluding carboxylic acids is 1. The number of hydrogen-bond donors (Lipinski definition) is 2. The molecule has 0 spiro atoms. The average molecular weight is 345 g/mol. The lowest BCUT2D eigenvalue weighted by Gasteiger charge is -2.21. The zero-order chi connectivity index (χ0) is 15.3. The van der Waals surface area contributed by atoms with E-state index in [-0.39, 0.29) is 6.04 Å². The highest BCUT2D eigenvalue weighted by atomic mass is 79.9. The Morgan fingerprint density at radius 2 is 2.10 bits per heavy atom. The molecule has 0 aromatic heterocycles. The molecule has 1 amide bonds. The molecule has 0 saturated carbocycles. The predicted molar refractivity (Wildman–Crippen MR) is 81.9 cm³/mol. The summed E-state index contributed by atoms with van der Waals surface area (Å²) in [5.41, 5.74) is 6.43. The molecule has 5 nitrogen and oxygen atoms in total. The number of ether oxygens (including phenoxy) is 2. The Kier molecular flexibility index (Phi) is 5.83. The summed E-state index contributed by atoms with van der Waals surface area (Å²) in [6.07, 6.45) is -0.474. The first-order valence-electron chi connectivity index (χ1n) is 6.29. The lowest BCUT2D eigenvalue weighted by molar-refractivity contribution is 0.0524. The number of rotatable bonds is 4. The molecule has 1 aromatic rings. The SMILES string of the molecule is COc1ccc(C(N)CNC(=O)OC(C)(C)C)c(Br)c1. The third-order valence-electron chi connectivity index (χ3n) is 2.47. The maximum atomic E-state index is 11.6. The van der Waals surface area contributed by atoms with Crippen molar-refractivity contribution in [1.29, 1.82) is 0 Å². The number of methoxy groups -OCH3 is 1. The van der Waals surface area contributed by atoms with E-state index in [4.69, 9.17) is 15.2 Å². The Labute approximate surface area is 127 Å². The van der Waals surface area contributed by atoms with Crippen molar-refractivity contribution >= 4 is 22.0 Å². The van der Waals surface area contributed by atoms with Gasteiger partial charge in [-0.15, -0.1) is 0 Å². The molecular weight excluding hydrogens is 324 g/mol. The topological polar surface area (TPSA) is 73.6 Å². The summed E-state index contributed by atoms with van der Waals surface area (Å²) < 4.78 is 11.1. The summed E-state index contributed by atoms with van der Waals surface area (Å²) in [6.45, 7) is 5.73. The number of halogens is 1. The highest BCUT2D eigenvalue weighted by molar-refractivity contribution is 9.10. The Morgan fingerprint density at radius 3 is 2.60 bits per heavy atom.